The summed E-state index contributed by atoms with van der Waals surface area (Å²) in [6.45, 7) is 2.32. The molecule has 0 spiro atoms. The van der Waals surface area contributed by atoms with E-state index in [4.69, 9.17) is 0 Å². The van der Waals surface area contributed by atoms with Crippen LogP contribution in [0.3, 0.4) is 0 Å². The first-order valence-electron chi connectivity index (χ1n) is 7.17. The molecule has 3 rings (SSSR count). The monoisotopic (exact) mass is 392 g/mol. The number of nitrogens with one attached hydrogen (secondary N) is 1. The molecule has 23 heavy (non-hydrogen) atoms. The van der Waals surface area contributed by atoms with Crippen molar-refractivity contribution in [3.8, 4) is 0 Å². The maximum atomic E-state index is 12.3. The molecule has 1 heterocycles. The van der Waals surface area contributed by atoms with Crippen LogP contribution < -0.4 is 4.72 Å². The average Bonchev–Trinajstić information content (AvgIpc) is 2.80. The summed E-state index contributed by atoms with van der Waals surface area (Å²) in [5.74, 6) is 0. The summed E-state index contributed by atoms with van der Waals surface area (Å²) in [6.07, 6.45) is 0. The highest BCUT2D eigenvalue weighted by atomic mass is 79.9. The number of fused-ring (bicyclic) bond motifs is 1. The van der Waals surface area contributed by atoms with Crippen molar-refractivity contribution >= 4 is 36.9 Å². The first kappa shape index (κ1) is 16.2. The molecule has 2 aromatic carbocycles. The van der Waals surface area contributed by atoms with Gasteiger partial charge in [0.2, 0.25) is 10.0 Å². The SMILES string of the molecule is Cc1cc2cc(CNS(=O)(=O)c3ccc(Br)cc3)ccc2n1C. The highest BCUT2D eigenvalue weighted by Gasteiger charge is 2.13. The standard InChI is InChI=1S/C17H17BrN2O2S/c1-12-9-14-10-13(3-8-17(14)20(12)2)11-19-23(21,22)16-6-4-15(18)5-7-16/h3-10,19H,11H2,1-2H3. The summed E-state index contributed by atoms with van der Waals surface area (Å²) in [7, 11) is -1.49. The normalized spacial score (nSPS) is 12.0. The number of aromatic nitrogens is 1. The minimum atomic E-state index is -3.51. The van der Waals surface area contributed by atoms with Crippen LogP contribution in [0.15, 0.2) is 57.9 Å². The van der Waals surface area contributed by atoms with Gasteiger partial charge in [0.05, 0.1) is 4.90 Å². The van der Waals surface area contributed by atoms with E-state index in [-0.39, 0.29) is 11.4 Å². The molecule has 0 aliphatic rings. The first-order valence-corrected chi connectivity index (χ1v) is 9.45. The number of sulfonamides is 1. The maximum absolute atomic E-state index is 12.3. The Kier molecular flexibility index (Phi) is 4.31. The van der Waals surface area contributed by atoms with Gasteiger partial charge in [-0.1, -0.05) is 22.0 Å². The van der Waals surface area contributed by atoms with Gasteiger partial charge in [-0.25, -0.2) is 13.1 Å². The molecule has 3 aromatic rings. The minimum absolute atomic E-state index is 0.261. The van der Waals surface area contributed by atoms with Crippen molar-refractivity contribution in [1.29, 1.82) is 0 Å². The molecule has 0 bridgehead atoms. The van der Waals surface area contributed by atoms with E-state index in [2.05, 4.69) is 38.2 Å². The van der Waals surface area contributed by atoms with Crippen molar-refractivity contribution in [1.82, 2.24) is 9.29 Å². The van der Waals surface area contributed by atoms with E-state index in [1.54, 1.807) is 24.3 Å². The van der Waals surface area contributed by atoms with Crippen molar-refractivity contribution in [2.45, 2.75) is 18.4 Å². The van der Waals surface area contributed by atoms with Crippen molar-refractivity contribution in [3.05, 3.63) is 64.3 Å². The Morgan fingerprint density at radius 3 is 2.48 bits per heavy atom. The fourth-order valence-electron chi connectivity index (χ4n) is 2.52. The number of rotatable bonds is 4. The molecule has 0 atom stereocenters. The van der Waals surface area contributed by atoms with E-state index in [1.165, 1.54) is 5.69 Å². The maximum Gasteiger partial charge on any atom is 0.240 e. The van der Waals surface area contributed by atoms with E-state index < -0.39 is 10.0 Å². The van der Waals surface area contributed by atoms with Gasteiger partial charge in [0.15, 0.2) is 0 Å². The Hall–Kier alpha value is -1.63. The lowest BCUT2D eigenvalue weighted by atomic mass is 10.1. The molecule has 0 aliphatic carbocycles. The van der Waals surface area contributed by atoms with Crippen LogP contribution in [0.4, 0.5) is 0 Å². The fourth-order valence-corrected chi connectivity index (χ4v) is 3.80. The highest BCUT2D eigenvalue weighted by Crippen LogP contribution is 2.20. The Balaban J connectivity index is 1.81. The van der Waals surface area contributed by atoms with Gasteiger partial charge >= 0.3 is 0 Å². The van der Waals surface area contributed by atoms with Crippen LogP contribution >= 0.6 is 15.9 Å². The molecule has 0 saturated carbocycles. The van der Waals surface area contributed by atoms with Crippen LogP contribution in [-0.2, 0) is 23.6 Å². The molecule has 1 N–H and O–H groups in total. The number of nitrogens with zero attached hydrogens (tertiary/aromatic N) is 1. The Bertz CT molecular complexity index is 960. The number of hydrogen-bond acceptors (Lipinski definition) is 2. The largest absolute Gasteiger partial charge is 0.348 e. The molecule has 1 aromatic heterocycles. The van der Waals surface area contributed by atoms with Crippen molar-refractivity contribution in [2.75, 3.05) is 0 Å². The fraction of sp³-hybridized carbons (Fsp3) is 0.176. The number of benzene rings is 2. The summed E-state index contributed by atoms with van der Waals surface area (Å²) < 4.78 is 30.2. The molecule has 0 saturated heterocycles. The van der Waals surface area contributed by atoms with Crippen LogP contribution in [-0.4, -0.2) is 13.0 Å². The van der Waals surface area contributed by atoms with Gasteiger partial charge in [0.1, 0.15) is 0 Å². The van der Waals surface area contributed by atoms with E-state index in [9.17, 15) is 8.42 Å². The summed E-state index contributed by atoms with van der Waals surface area (Å²) in [5.41, 5.74) is 3.25. The zero-order chi connectivity index (χ0) is 16.6. The summed E-state index contributed by atoms with van der Waals surface area (Å²) in [6, 6.07) is 14.7. The molecular formula is C17H17BrN2O2S. The van der Waals surface area contributed by atoms with Crippen LogP contribution in [0.25, 0.3) is 10.9 Å². The third kappa shape index (κ3) is 3.34. The van der Waals surface area contributed by atoms with E-state index >= 15 is 0 Å². The third-order valence-electron chi connectivity index (χ3n) is 3.94. The van der Waals surface area contributed by atoms with Gasteiger partial charge in [-0.2, -0.15) is 0 Å². The second-order valence-electron chi connectivity index (χ2n) is 5.52. The smallest absolute Gasteiger partial charge is 0.240 e. The van der Waals surface area contributed by atoms with Crippen molar-refractivity contribution in [3.63, 3.8) is 0 Å². The lowest BCUT2D eigenvalue weighted by Gasteiger charge is -2.07. The summed E-state index contributed by atoms with van der Waals surface area (Å²) in [4.78, 5) is 0.261. The molecule has 0 radical (unpaired) electrons. The summed E-state index contributed by atoms with van der Waals surface area (Å²) in [5, 5.41) is 1.12. The van der Waals surface area contributed by atoms with Crippen molar-refractivity contribution in [2.24, 2.45) is 7.05 Å². The number of halogens is 1. The lowest BCUT2D eigenvalue weighted by molar-refractivity contribution is 0.581. The first-order chi connectivity index (χ1) is 10.9. The van der Waals surface area contributed by atoms with Crippen molar-refractivity contribution < 1.29 is 8.42 Å². The zero-order valence-electron chi connectivity index (χ0n) is 12.9. The Morgan fingerprint density at radius 1 is 1.09 bits per heavy atom. The third-order valence-corrected chi connectivity index (χ3v) is 5.88. The van der Waals surface area contributed by atoms with Gasteiger partial charge < -0.3 is 4.57 Å². The highest BCUT2D eigenvalue weighted by molar-refractivity contribution is 9.10. The molecule has 0 aliphatic heterocycles. The lowest BCUT2D eigenvalue weighted by Crippen LogP contribution is -2.23. The molecule has 6 heteroatoms. The van der Waals surface area contributed by atoms with E-state index in [0.717, 1.165) is 20.9 Å². The minimum Gasteiger partial charge on any atom is -0.348 e. The Morgan fingerprint density at radius 2 is 1.78 bits per heavy atom. The van der Waals surface area contributed by atoms with Crippen LogP contribution in [0.5, 0.6) is 0 Å². The Labute approximate surface area is 144 Å². The number of hydrogen-bond donors (Lipinski definition) is 1. The molecule has 0 amide bonds. The van der Waals surface area contributed by atoms with Gasteiger partial charge in [0.25, 0.3) is 0 Å². The van der Waals surface area contributed by atoms with Crippen LogP contribution in [0.2, 0.25) is 0 Å². The summed E-state index contributed by atoms with van der Waals surface area (Å²) >= 11 is 3.30. The molecule has 0 fully saturated rings. The van der Waals surface area contributed by atoms with Crippen LogP contribution in [0.1, 0.15) is 11.3 Å². The van der Waals surface area contributed by atoms with Crippen LogP contribution in [0, 0.1) is 6.92 Å². The van der Waals surface area contributed by atoms with Gasteiger partial charge in [-0.05, 0) is 55.0 Å². The van der Waals surface area contributed by atoms with Gasteiger partial charge in [-0.3, -0.25) is 0 Å². The second-order valence-corrected chi connectivity index (χ2v) is 8.20. The van der Waals surface area contributed by atoms with Gasteiger partial charge in [-0.15, -0.1) is 0 Å². The number of aryl methyl sites for hydroxylation is 2. The predicted octanol–water partition coefficient (Wildman–Crippen LogP) is 3.73. The molecule has 4 nitrogen and oxygen atoms in total. The second kappa shape index (κ2) is 6.11. The average molecular weight is 393 g/mol. The van der Waals surface area contributed by atoms with E-state index in [1.807, 2.05) is 25.2 Å². The van der Waals surface area contributed by atoms with E-state index in [0.29, 0.717) is 0 Å². The molecular weight excluding hydrogens is 376 g/mol. The van der Waals surface area contributed by atoms with Gasteiger partial charge in [0, 0.05) is 34.7 Å². The molecule has 0 unspecified atom stereocenters. The topological polar surface area (TPSA) is 51.1 Å². The molecule has 120 valence electrons. The zero-order valence-corrected chi connectivity index (χ0v) is 15.3. The predicted molar refractivity (Wildman–Crippen MR) is 95.8 cm³/mol. The quantitative estimate of drug-likeness (QED) is 0.735.